The Morgan fingerprint density at radius 1 is 0.340 bits per heavy atom. The van der Waals surface area contributed by atoms with Crippen LogP contribution in [0.1, 0.15) is 0 Å². The van der Waals surface area contributed by atoms with Crippen LogP contribution in [0, 0.1) is 0 Å². The largest absolute Gasteiger partial charge is 0.455 e. The van der Waals surface area contributed by atoms with Gasteiger partial charge in [-0.2, -0.15) is 0 Å². The van der Waals surface area contributed by atoms with E-state index in [1.165, 1.54) is 82.2 Å². The lowest BCUT2D eigenvalue weighted by Gasteiger charge is -2.25. The summed E-state index contributed by atoms with van der Waals surface area (Å²) in [6, 6.07) is 50.5. The minimum absolute atomic E-state index is 0.901. The van der Waals surface area contributed by atoms with Crippen LogP contribution in [0.4, 0.5) is 0 Å². The van der Waals surface area contributed by atoms with Gasteiger partial charge in [-0.05, 0) is 72.6 Å². The Kier molecular flexibility index (Phi) is 7.18. The summed E-state index contributed by atoms with van der Waals surface area (Å²) in [5.41, 5.74) is 18.4. The van der Waals surface area contributed by atoms with E-state index in [9.17, 15) is 0 Å². The van der Waals surface area contributed by atoms with Crippen molar-refractivity contribution in [1.29, 1.82) is 0 Å². The molecule has 0 saturated carbocycles. The van der Waals surface area contributed by atoms with Gasteiger partial charge in [0.1, 0.15) is 50.4 Å². The molecule has 1 heterocycles. The molecule has 1 aromatic heterocycles. The summed E-state index contributed by atoms with van der Waals surface area (Å²) >= 11 is 0. The molecule has 8 aromatic carbocycles. The smallest absolute Gasteiger partial charge is 0.143 e. The summed E-state index contributed by atoms with van der Waals surface area (Å²) in [6.07, 6.45) is 0. The summed E-state index contributed by atoms with van der Waals surface area (Å²) < 4.78 is 6.78. The van der Waals surface area contributed by atoms with Crippen molar-refractivity contribution in [3.8, 4) is 44.5 Å². The van der Waals surface area contributed by atoms with Crippen molar-refractivity contribution < 1.29 is 4.42 Å². The molecule has 230 valence electrons. The third kappa shape index (κ3) is 4.55. The second-order valence-electron chi connectivity index (χ2n) is 13.8. The summed E-state index contributed by atoms with van der Waals surface area (Å²) in [5.74, 6) is 0. The molecule has 1 nitrogen and oxygen atoms in total. The van der Waals surface area contributed by atoms with Crippen molar-refractivity contribution in [1.82, 2.24) is 0 Å². The fourth-order valence-corrected chi connectivity index (χ4v) is 8.32. The van der Waals surface area contributed by atoms with Crippen LogP contribution < -0.4 is 27.3 Å². The highest BCUT2D eigenvalue weighted by molar-refractivity contribution is 6.69. The van der Waals surface area contributed by atoms with Gasteiger partial charge >= 0.3 is 0 Å². The Morgan fingerprint density at radius 2 is 0.880 bits per heavy atom. The molecule has 0 unspecified atom stereocenters. The summed E-state index contributed by atoms with van der Waals surface area (Å²) in [4.78, 5) is 0. The summed E-state index contributed by atoms with van der Waals surface area (Å²) in [6.45, 7) is 0. The van der Waals surface area contributed by atoms with Gasteiger partial charge in [0, 0.05) is 16.3 Å². The van der Waals surface area contributed by atoms with Gasteiger partial charge in [-0.3, -0.25) is 0 Å². The number of hydrogen-bond acceptors (Lipinski definition) is 1. The van der Waals surface area contributed by atoms with Crippen LogP contribution in [0.25, 0.3) is 88.0 Å². The van der Waals surface area contributed by atoms with Crippen molar-refractivity contribution >= 4 is 110 Å². The van der Waals surface area contributed by atoms with Gasteiger partial charge in [0.2, 0.25) is 0 Å². The Hall–Kier alpha value is -5.60. The first-order valence-corrected chi connectivity index (χ1v) is 17.5. The van der Waals surface area contributed by atoms with Crippen LogP contribution in [-0.2, 0) is 0 Å². The zero-order valence-electron chi connectivity index (χ0n) is 29.2. The Balaban J connectivity index is 1.46. The first-order chi connectivity index (χ1) is 24.4. The predicted molar refractivity (Wildman–Crippen MR) is 231 cm³/mol. The Bertz CT molecular complexity index is 2780. The van der Waals surface area contributed by atoms with Crippen molar-refractivity contribution in [2.24, 2.45) is 0 Å². The SMILES string of the molecule is Bc1c(B)c(B)c(-c2c3ccccc3c(-c3cccc4oc5c(-c6ccccc6)cccc5c34)c3cc(-c4ccccc4)ccc23)c(B)c1B. The van der Waals surface area contributed by atoms with Crippen molar-refractivity contribution in [2.75, 3.05) is 0 Å². The third-order valence-corrected chi connectivity index (χ3v) is 11.3. The van der Waals surface area contributed by atoms with Crippen molar-refractivity contribution in [2.45, 2.75) is 0 Å². The normalized spacial score (nSPS) is 11.6. The predicted octanol–water partition coefficient (Wildman–Crippen LogP) is 3.85. The third-order valence-electron chi connectivity index (χ3n) is 11.3. The molecular weight excluding hydrogens is 599 g/mol. The maximum Gasteiger partial charge on any atom is 0.143 e. The van der Waals surface area contributed by atoms with Gasteiger partial charge in [-0.1, -0.05) is 138 Å². The minimum Gasteiger partial charge on any atom is -0.455 e. The molecule has 50 heavy (non-hydrogen) atoms. The van der Waals surface area contributed by atoms with Gasteiger partial charge in [-0.25, -0.2) is 0 Å². The summed E-state index contributed by atoms with van der Waals surface area (Å²) in [5, 5.41) is 7.31. The molecule has 9 rings (SSSR count). The maximum absolute atomic E-state index is 6.78. The standard InChI is InChI=1S/C44H33B5O/c45-39-38(40(46)42(48)43(49)41(39)47)37-29-16-8-7-15-28(29)35(33-23-26(21-22-30(33)37)24-11-3-1-4-12-24)31-18-10-20-34-36(31)32-19-9-17-27(44(32)50-34)25-13-5-2-6-14-25/h1-23H,45-49H2. The van der Waals surface area contributed by atoms with Crippen LogP contribution in [0.5, 0.6) is 0 Å². The average molecular weight is 632 g/mol. The number of para-hydroxylation sites is 1. The van der Waals surface area contributed by atoms with E-state index < -0.39 is 0 Å². The van der Waals surface area contributed by atoms with E-state index in [1.54, 1.807) is 0 Å². The molecule has 9 aromatic rings. The van der Waals surface area contributed by atoms with E-state index in [0.717, 1.165) is 33.1 Å². The van der Waals surface area contributed by atoms with Crippen LogP contribution in [-0.4, -0.2) is 39.2 Å². The van der Waals surface area contributed by atoms with E-state index in [2.05, 4.69) is 179 Å². The lowest BCUT2D eigenvalue weighted by Crippen LogP contribution is -2.55. The van der Waals surface area contributed by atoms with E-state index in [1.807, 2.05) is 0 Å². The summed E-state index contributed by atoms with van der Waals surface area (Å²) in [7, 11) is 11.4. The number of fused-ring (bicyclic) bond motifs is 5. The van der Waals surface area contributed by atoms with Crippen LogP contribution in [0.3, 0.4) is 0 Å². The highest BCUT2D eigenvalue weighted by Gasteiger charge is 2.24. The molecule has 0 atom stereocenters. The second-order valence-corrected chi connectivity index (χ2v) is 13.8. The molecule has 0 saturated heterocycles. The molecule has 0 bridgehead atoms. The fourth-order valence-electron chi connectivity index (χ4n) is 8.32. The van der Waals surface area contributed by atoms with E-state index in [4.69, 9.17) is 4.42 Å². The molecule has 0 aliphatic rings. The first kappa shape index (κ1) is 30.5. The van der Waals surface area contributed by atoms with E-state index >= 15 is 0 Å². The Labute approximate surface area is 297 Å². The Morgan fingerprint density at radius 3 is 1.58 bits per heavy atom. The number of furan rings is 1. The number of benzene rings is 8. The molecule has 0 aliphatic heterocycles. The van der Waals surface area contributed by atoms with Gasteiger partial charge < -0.3 is 4.42 Å². The maximum atomic E-state index is 6.78. The highest BCUT2D eigenvalue weighted by atomic mass is 16.3. The molecule has 0 radical (unpaired) electrons. The highest BCUT2D eigenvalue weighted by Crippen LogP contribution is 2.48. The molecular formula is C44H33B5O. The van der Waals surface area contributed by atoms with Gasteiger partial charge in [0.15, 0.2) is 0 Å². The van der Waals surface area contributed by atoms with Crippen LogP contribution in [0.2, 0.25) is 0 Å². The zero-order chi connectivity index (χ0) is 34.1. The lowest BCUT2D eigenvalue weighted by atomic mass is 9.59. The van der Waals surface area contributed by atoms with Gasteiger partial charge in [-0.15, -0.1) is 16.4 Å². The molecule has 0 aliphatic carbocycles. The zero-order valence-corrected chi connectivity index (χ0v) is 29.2. The van der Waals surface area contributed by atoms with Gasteiger partial charge in [0.25, 0.3) is 0 Å². The van der Waals surface area contributed by atoms with E-state index in [-0.39, 0.29) is 0 Å². The number of hydrogen-bond donors (Lipinski definition) is 0. The second kappa shape index (κ2) is 11.8. The van der Waals surface area contributed by atoms with Gasteiger partial charge in [0.05, 0.1) is 0 Å². The topological polar surface area (TPSA) is 13.1 Å². The molecule has 6 heteroatoms. The van der Waals surface area contributed by atoms with Crippen LogP contribution in [0.15, 0.2) is 144 Å². The molecule has 0 fully saturated rings. The van der Waals surface area contributed by atoms with Crippen molar-refractivity contribution in [3.63, 3.8) is 0 Å². The van der Waals surface area contributed by atoms with Crippen molar-refractivity contribution in [3.05, 3.63) is 140 Å². The number of rotatable bonds is 4. The molecule has 0 N–H and O–H groups in total. The average Bonchev–Trinajstić information content (AvgIpc) is 3.56. The lowest BCUT2D eigenvalue weighted by molar-refractivity contribution is 0.670. The minimum atomic E-state index is 0.901. The van der Waals surface area contributed by atoms with E-state index in [0.29, 0.717) is 0 Å². The quantitative estimate of drug-likeness (QED) is 0.213. The fraction of sp³-hybridized carbons (Fsp3) is 0. The molecule has 0 amide bonds. The molecule has 0 spiro atoms. The van der Waals surface area contributed by atoms with Crippen LogP contribution >= 0.6 is 0 Å². The first-order valence-electron chi connectivity index (χ1n) is 17.5. The monoisotopic (exact) mass is 632 g/mol.